The summed E-state index contributed by atoms with van der Waals surface area (Å²) < 4.78 is 55.7. The van der Waals surface area contributed by atoms with Crippen molar-refractivity contribution in [3.8, 4) is 5.75 Å². The number of aromatic nitrogens is 3. The normalized spacial score (nSPS) is 12.3. The minimum Gasteiger partial charge on any atom is -0.428 e. The maximum Gasteiger partial charge on any atom is 0.461 e. The number of aromatic amines is 1. The Hall–Kier alpha value is -2.23. The van der Waals surface area contributed by atoms with E-state index in [4.69, 9.17) is 12.2 Å². The molecular formula is C13H12F4N4OS. The van der Waals surface area contributed by atoms with E-state index in [1.807, 2.05) is 6.92 Å². The Morgan fingerprint density at radius 1 is 1.48 bits per heavy atom. The van der Waals surface area contributed by atoms with Gasteiger partial charge in [-0.15, -0.1) is 0 Å². The van der Waals surface area contributed by atoms with Gasteiger partial charge in [-0.1, -0.05) is 19.1 Å². The SMILES string of the molecule is CCc1n[nH]c(=S)n1/N=C\c1cccc(OC(F)(F)C(F)F)c1. The van der Waals surface area contributed by atoms with Crippen molar-refractivity contribution in [1.29, 1.82) is 0 Å². The van der Waals surface area contributed by atoms with Crippen LogP contribution in [0.15, 0.2) is 29.4 Å². The molecule has 1 N–H and O–H groups in total. The van der Waals surface area contributed by atoms with E-state index in [9.17, 15) is 17.6 Å². The summed E-state index contributed by atoms with van der Waals surface area (Å²) in [5.41, 5.74) is 0.373. The van der Waals surface area contributed by atoms with E-state index in [0.717, 1.165) is 12.1 Å². The van der Waals surface area contributed by atoms with Crippen LogP contribution >= 0.6 is 12.2 Å². The van der Waals surface area contributed by atoms with Gasteiger partial charge in [0.1, 0.15) is 5.75 Å². The van der Waals surface area contributed by atoms with Gasteiger partial charge in [0.05, 0.1) is 6.21 Å². The second-order valence-electron chi connectivity index (χ2n) is 4.39. The van der Waals surface area contributed by atoms with E-state index in [-0.39, 0.29) is 4.77 Å². The molecule has 124 valence electrons. The van der Waals surface area contributed by atoms with Crippen LogP contribution in [0.3, 0.4) is 0 Å². The molecule has 5 nitrogen and oxygen atoms in total. The summed E-state index contributed by atoms with van der Waals surface area (Å²) in [6.45, 7) is 1.86. The molecule has 23 heavy (non-hydrogen) atoms. The predicted octanol–water partition coefficient (Wildman–Crippen LogP) is 3.62. The number of hydrogen-bond donors (Lipinski definition) is 1. The lowest BCUT2D eigenvalue weighted by Gasteiger charge is -2.16. The van der Waals surface area contributed by atoms with Crippen LogP contribution in [0.1, 0.15) is 18.3 Å². The Morgan fingerprint density at radius 2 is 2.22 bits per heavy atom. The van der Waals surface area contributed by atoms with Crippen LogP contribution in [0.2, 0.25) is 0 Å². The number of ether oxygens (including phenoxy) is 1. The van der Waals surface area contributed by atoms with Gasteiger partial charge in [-0.25, -0.2) is 0 Å². The third-order valence-corrected chi connectivity index (χ3v) is 2.99. The molecule has 2 aromatic rings. The number of rotatable bonds is 6. The van der Waals surface area contributed by atoms with Crippen molar-refractivity contribution in [2.75, 3.05) is 0 Å². The summed E-state index contributed by atoms with van der Waals surface area (Å²) in [7, 11) is 0. The second kappa shape index (κ2) is 6.90. The van der Waals surface area contributed by atoms with E-state index in [1.165, 1.54) is 17.0 Å². The quantitative estimate of drug-likeness (QED) is 0.493. The van der Waals surface area contributed by atoms with Gasteiger partial charge in [0.2, 0.25) is 4.77 Å². The van der Waals surface area contributed by atoms with E-state index >= 15 is 0 Å². The average Bonchev–Trinajstić information content (AvgIpc) is 2.85. The molecule has 0 saturated carbocycles. The van der Waals surface area contributed by atoms with E-state index in [1.54, 1.807) is 6.07 Å². The molecule has 2 rings (SSSR count). The van der Waals surface area contributed by atoms with Crippen molar-refractivity contribution in [1.82, 2.24) is 14.9 Å². The molecule has 1 aromatic heterocycles. The first-order chi connectivity index (χ1) is 10.8. The largest absolute Gasteiger partial charge is 0.461 e. The van der Waals surface area contributed by atoms with Gasteiger partial charge < -0.3 is 4.74 Å². The van der Waals surface area contributed by atoms with Crippen LogP contribution in [-0.4, -0.2) is 33.6 Å². The molecule has 0 aliphatic rings. The minimum atomic E-state index is -4.56. The number of halogens is 4. The van der Waals surface area contributed by atoms with Crippen LogP contribution in [0, 0.1) is 4.77 Å². The molecule has 0 amide bonds. The number of nitrogens with zero attached hydrogens (tertiary/aromatic N) is 3. The molecule has 10 heteroatoms. The first-order valence-electron chi connectivity index (χ1n) is 6.49. The van der Waals surface area contributed by atoms with Crippen molar-refractivity contribution in [2.45, 2.75) is 25.9 Å². The summed E-state index contributed by atoms with van der Waals surface area (Å²) in [5, 5.41) is 10.6. The van der Waals surface area contributed by atoms with Crippen molar-refractivity contribution in [2.24, 2.45) is 5.10 Å². The van der Waals surface area contributed by atoms with Gasteiger partial charge in [0.25, 0.3) is 0 Å². The molecule has 0 unspecified atom stereocenters. The molecule has 0 atom stereocenters. The molecule has 0 aliphatic heterocycles. The highest BCUT2D eigenvalue weighted by Gasteiger charge is 2.43. The third kappa shape index (κ3) is 4.15. The van der Waals surface area contributed by atoms with Gasteiger partial charge in [0, 0.05) is 6.42 Å². The number of nitrogens with one attached hydrogen (secondary N) is 1. The van der Waals surface area contributed by atoms with Crippen LogP contribution in [0.25, 0.3) is 0 Å². The monoisotopic (exact) mass is 348 g/mol. The fraction of sp³-hybridized carbons (Fsp3) is 0.308. The number of hydrogen-bond acceptors (Lipinski definition) is 4. The fourth-order valence-electron chi connectivity index (χ4n) is 1.66. The van der Waals surface area contributed by atoms with Crippen LogP contribution in [-0.2, 0) is 6.42 Å². The lowest BCUT2D eigenvalue weighted by atomic mass is 10.2. The van der Waals surface area contributed by atoms with Gasteiger partial charge in [0.15, 0.2) is 5.82 Å². The lowest BCUT2D eigenvalue weighted by molar-refractivity contribution is -0.253. The molecule has 1 aromatic carbocycles. The number of alkyl halides is 4. The Bertz CT molecular complexity index is 756. The molecule has 0 fully saturated rings. The second-order valence-corrected chi connectivity index (χ2v) is 4.78. The maximum absolute atomic E-state index is 12.9. The third-order valence-electron chi connectivity index (χ3n) is 2.72. The lowest BCUT2D eigenvalue weighted by Crippen LogP contribution is -2.33. The zero-order valence-corrected chi connectivity index (χ0v) is 12.7. The summed E-state index contributed by atoms with van der Waals surface area (Å²) >= 11 is 5.00. The van der Waals surface area contributed by atoms with E-state index in [0.29, 0.717) is 17.8 Å². The molecule has 0 saturated heterocycles. The summed E-state index contributed by atoms with van der Waals surface area (Å²) in [5.74, 6) is 0.189. The van der Waals surface area contributed by atoms with Crippen molar-refractivity contribution in [3.05, 3.63) is 40.4 Å². The topological polar surface area (TPSA) is 55.2 Å². The highest BCUT2D eigenvalue weighted by molar-refractivity contribution is 7.71. The average molecular weight is 348 g/mol. The Kier molecular flexibility index (Phi) is 5.14. The Labute approximate surface area is 133 Å². The van der Waals surface area contributed by atoms with E-state index < -0.39 is 18.3 Å². The van der Waals surface area contributed by atoms with Gasteiger partial charge in [-0.05, 0) is 29.9 Å². The highest BCUT2D eigenvalue weighted by atomic mass is 32.1. The smallest absolute Gasteiger partial charge is 0.428 e. The first kappa shape index (κ1) is 17.1. The molecule has 1 heterocycles. The first-order valence-corrected chi connectivity index (χ1v) is 6.90. The molecule has 0 bridgehead atoms. The standard InChI is InChI=1S/C13H12F4N4OS/c1-2-10-19-20-12(23)21(10)18-7-8-4-3-5-9(6-8)22-13(16,17)11(14)15/h3-7,11H,2H2,1H3,(H,20,23)/b18-7-. The predicted molar refractivity (Wildman–Crippen MR) is 77.8 cm³/mol. The van der Waals surface area contributed by atoms with Gasteiger partial charge >= 0.3 is 12.5 Å². The van der Waals surface area contributed by atoms with Gasteiger partial charge in [-0.2, -0.15) is 32.4 Å². The summed E-state index contributed by atoms with van der Waals surface area (Å²) in [4.78, 5) is 0. The molecular weight excluding hydrogens is 336 g/mol. The number of aryl methyl sites for hydroxylation is 1. The number of H-pyrrole nitrogens is 1. The fourth-order valence-corrected chi connectivity index (χ4v) is 1.85. The number of benzene rings is 1. The van der Waals surface area contributed by atoms with Crippen LogP contribution in [0.5, 0.6) is 5.75 Å². The highest BCUT2D eigenvalue weighted by Crippen LogP contribution is 2.27. The maximum atomic E-state index is 12.9. The van der Waals surface area contributed by atoms with Gasteiger partial charge in [-0.3, -0.25) is 5.10 Å². The van der Waals surface area contributed by atoms with Crippen molar-refractivity contribution < 1.29 is 22.3 Å². The molecule has 0 aliphatic carbocycles. The summed E-state index contributed by atoms with van der Waals surface area (Å²) in [6.07, 6.45) is -6.57. The van der Waals surface area contributed by atoms with Crippen molar-refractivity contribution >= 4 is 18.4 Å². The minimum absolute atomic E-state index is 0.273. The van der Waals surface area contributed by atoms with Crippen LogP contribution in [0.4, 0.5) is 17.6 Å². The van der Waals surface area contributed by atoms with E-state index in [2.05, 4.69) is 20.0 Å². The molecule has 0 spiro atoms. The zero-order chi connectivity index (χ0) is 17.0. The Balaban J connectivity index is 2.22. The van der Waals surface area contributed by atoms with Crippen molar-refractivity contribution in [3.63, 3.8) is 0 Å². The zero-order valence-electron chi connectivity index (χ0n) is 11.8. The van der Waals surface area contributed by atoms with Crippen LogP contribution < -0.4 is 4.74 Å². The summed E-state index contributed by atoms with van der Waals surface area (Å²) in [6, 6.07) is 5.24. The molecule has 0 radical (unpaired) electrons. The Morgan fingerprint density at radius 3 is 2.87 bits per heavy atom.